The fourth-order valence-corrected chi connectivity index (χ4v) is 2.07. The van der Waals surface area contributed by atoms with Gasteiger partial charge in [-0.1, -0.05) is 23.7 Å². The molecule has 0 fully saturated rings. The number of ketones is 1. The molecule has 2 aromatic rings. The maximum Gasteiger partial charge on any atom is 0.573 e. The van der Waals surface area contributed by atoms with Gasteiger partial charge in [0.2, 0.25) is 0 Å². The lowest BCUT2D eigenvalue weighted by atomic mass is 10.0. The highest BCUT2D eigenvalue weighted by Crippen LogP contribution is 2.27. The Hall–Kier alpha value is -1.53. The van der Waals surface area contributed by atoms with Crippen molar-refractivity contribution < 1.29 is 22.7 Å². The quantitative estimate of drug-likeness (QED) is 0.683. The topological polar surface area (TPSA) is 26.3 Å². The summed E-state index contributed by atoms with van der Waals surface area (Å²) < 4.78 is 40.9. The maximum atomic E-state index is 12.2. The average molecular weight is 380 g/mol. The van der Waals surface area contributed by atoms with Crippen LogP contribution in [-0.2, 0) is 0 Å². The summed E-state index contributed by atoms with van der Waals surface area (Å²) in [6, 6.07) is 9.42. The molecule has 7 heteroatoms. The monoisotopic (exact) mass is 378 g/mol. The van der Waals surface area contributed by atoms with Crippen molar-refractivity contribution in [2.24, 2.45) is 0 Å². The molecule has 0 atom stereocenters. The van der Waals surface area contributed by atoms with Gasteiger partial charge in [-0.05, 0) is 46.3 Å². The highest BCUT2D eigenvalue weighted by atomic mass is 79.9. The fraction of sp³-hybridized carbons (Fsp3) is 0.0714. The third-order valence-electron chi connectivity index (χ3n) is 2.51. The van der Waals surface area contributed by atoms with E-state index in [0.29, 0.717) is 9.50 Å². The Kier molecular flexibility index (Phi) is 4.58. The van der Waals surface area contributed by atoms with Crippen LogP contribution in [0.4, 0.5) is 13.2 Å². The summed E-state index contributed by atoms with van der Waals surface area (Å²) in [5.74, 6) is -0.895. The van der Waals surface area contributed by atoms with Gasteiger partial charge in [-0.25, -0.2) is 0 Å². The first-order valence-corrected chi connectivity index (χ1v) is 6.79. The molecule has 2 rings (SSSR count). The summed E-state index contributed by atoms with van der Waals surface area (Å²) in [7, 11) is 0. The van der Waals surface area contributed by atoms with Crippen molar-refractivity contribution in [1.29, 1.82) is 0 Å². The molecule has 0 spiro atoms. The molecule has 0 aliphatic carbocycles. The molecule has 0 heterocycles. The molecule has 0 radical (unpaired) electrons. The van der Waals surface area contributed by atoms with E-state index in [1.165, 1.54) is 24.3 Å². The van der Waals surface area contributed by atoms with Crippen molar-refractivity contribution in [3.63, 3.8) is 0 Å². The Morgan fingerprint density at radius 3 is 2.38 bits per heavy atom. The van der Waals surface area contributed by atoms with Gasteiger partial charge in [0.05, 0.1) is 5.02 Å². The van der Waals surface area contributed by atoms with Crippen molar-refractivity contribution in [2.45, 2.75) is 6.36 Å². The number of halogens is 5. The molecule has 2 nitrogen and oxygen atoms in total. The van der Waals surface area contributed by atoms with E-state index in [1.807, 2.05) is 0 Å². The first-order valence-electron chi connectivity index (χ1n) is 5.62. The third-order valence-corrected chi connectivity index (χ3v) is 3.74. The normalized spacial score (nSPS) is 11.3. The van der Waals surface area contributed by atoms with E-state index in [9.17, 15) is 18.0 Å². The van der Waals surface area contributed by atoms with E-state index in [-0.39, 0.29) is 11.1 Å². The molecule has 110 valence electrons. The largest absolute Gasteiger partial charge is 0.573 e. The number of alkyl halides is 3. The SMILES string of the molecule is O=C(c1cccc(OC(F)(F)F)c1)c1ccc(Br)c(Cl)c1. The lowest BCUT2D eigenvalue weighted by molar-refractivity contribution is -0.274. The third kappa shape index (κ3) is 4.22. The Balaban J connectivity index is 2.31. The average Bonchev–Trinajstić information content (AvgIpc) is 2.39. The summed E-state index contributed by atoms with van der Waals surface area (Å²) in [6.07, 6.45) is -4.80. The second kappa shape index (κ2) is 6.07. The van der Waals surface area contributed by atoms with Crippen LogP contribution in [0.1, 0.15) is 15.9 Å². The zero-order valence-electron chi connectivity index (χ0n) is 10.2. The minimum Gasteiger partial charge on any atom is -0.406 e. The highest BCUT2D eigenvalue weighted by Gasteiger charge is 2.31. The fourth-order valence-electron chi connectivity index (χ4n) is 1.64. The van der Waals surface area contributed by atoms with Gasteiger partial charge in [0.25, 0.3) is 0 Å². The number of rotatable bonds is 3. The van der Waals surface area contributed by atoms with Crippen LogP contribution in [0.15, 0.2) is 46.9 Å². The van der Waals surface area contributed by atoms with Crippen LogP contribution in [0.25, 0.3) is 0 Å². The van der Waals surface area contributed by atoms with Crippen LogP contribution in [0.5, 0.6) is 5.75 Å². The number of hydrogen-bond donors (Lipinski definition) is 0. The lowest BCUT2D eigenvalue weighted by Crippen LogP contribution is -2.17. The van der Waals surface area contributed by atoms with Crippen molar-refractivity contribution >= 4 is 33.3 Å². The van der Waals surface area contributed by atoms with Gasteiger partial charge in [0.15, 0.2) is 5.78 Å². The van der Waals surface area contributed by atoms with Crippen molar-refractivity contribution in [1.82, 2.24) is 0 Å². The number of hydrogen-bond acceptors (Lipinski definition) is 2. The predicted octanol–water partition coefficient (Wildman–Crippen LogP) is 5.23. The van der Waals surface area contributed by atoms with Crippen LogP contribution in [0.3, 0.4) is 0 Å². The summed E-state index contributed by atoms with van der Waals surface area (Å²) in [6.45, 7) is 0. The zero-order valence-corrected chi connectivity index (χ0v) is 12.6. The number of ether oxygens (including phenoxy) is 1. The van der Waals surface area contributed by atoms with Gasteiger partial charge in [-0.15, -0.1) is 13.2 Å². The Labute approximate surface area is 131 Å². The molecule has 2 aromatic carbocycles. The molecular formula is C14H7BrClF3O2. The molecule has 0 aliphatic rings. The zero-order chi connectivity index (χ0) is 15.6. The van der Waals surface area contributed by atoms with E-state index in [1.54, 1.807) is 6.07 Å². The predicted molar refractivity (Wildman–Crippen MR) is 75.7 cm³/mol. The summed E-state index contributed by atoms with van der Waals surface area (Å²) in [5.41, 5.74) is 0.350. The number of carbonyl (C=O) groups is 1. The molecule has 0 N–H and O–H groups in total. The van der Waals surface area contributed by atoms with Crippen LogP contribution in [0, 0.1) is 0 Å². The van der Waals surface area contributed by atoms with E-state index >= 15 is 0 Å². The van der Waals surface area contributed by atoms with Crippen LogP contribution in [-0.4, -0.2) is 12.1 Å². The van der Waals surface area contributed by atoms with Crippen LogP contribution < -0.4 is 4.74 Å². The molecule has 21 heavy (non-hydrogen) atoms. The van der Waals surface area contributed by atoms with Crippen molar-refractivity contribution in [2.75, 3.05) is 0 Å². The van der Waals surface area contributed by atoms with Crippen molar-refractivity contribution in [3.8, 4) is 5.75 Å². The highest BCUT2D eigenvalue weighted by molar-refractivity contribution is 9.10. The first-order chi connectivity index (χ1) is 9.76. The molecule has 0 aromatic heterocycles. The molecule has 0 saturated carbocycles. The molecule has 0 unspecified atom stereocenters. The van der Waals surface area contributed by atoms with Gasteiger partial charge < -0.3 is 4.74 Å². The van der Waals surface area contributed by atoms with Gasteiger partial charge in [-0.3, -0.25) is 4.79 Å². The van der Waals surface area contributed by atoms with E-state index < -0.39 is 17.9 Å². The summed E-state index contributed by atoms with van der Waals surface area (Å²) >= 11 is 9.08. The molecule has 0 aliphatic heterocycles. The second-order valence-corrected chi connectivity index (χ2v) is 5.30. The van der Waals surface area contributed by atoms with Gasteiger partial charge in [0, 0.05) is 15.6 Å². The number of carbonyl (C=O) groups excluding carboxylic acids is 1. The summed E-state index contributed by atoms with van der Waals surface area (Å²) in [4.78, 5) is 12.2. The Morgan fingerprint density at radius 2 is 1.76 bits per heavy atom. The smallest absolute Gasteiger partial charge is 0.406 e. The number of benzene rings is 2. The minimum atomic E-state index is -4.80. The van der Waals surface area contributed by atoms with Gasteiger partial charge in [-0.2, -0.15) is 0 Å². The van der Waals surface area contributed by atoms with E-state index in [0.717, 1.165) is 12.1 Å². The second-order valence-electron chi connectivity index (χ2n) is 4.03. The molecule has 0 bridgehead atoms. The molecule has 0 amide bonds. The van der Waals surface area contributed by atoms with Crippen LogP contribution >= 0.6 is 27.5 Å². The standard InChI is InChI=1S/C14H7BrClF3O2/c15-11-5-4-9(7-12(11)16)13(20)8-2-1-3-10(6-8)21-14(17,18)19/h1-7H. The maximum absolute atomic E-state index is 12.2. The van der Waals surface area contributed by atoms with Crippen LogP contribution in [0.2, 0.25) is 5.02 Å². The lowest BCUT2D eigenvalue weighted by Gasteiger charge is -2.10. The van der Waals surface area contributed by atoms with Crippen molar-refractivity contribution in [3.05, 3.63) is 63.1 Å². The molecule has 0 saturated heterocycles. The van der Waals surface area contributed by atoms with E-state index in [2.05, 4.69) is 20.7 Å². The van der Waals surface area contributed by atoms with E-state index in [4.69, 9.17) is 11.6 Å². The van der Waals surface area contributed by atoms with Gasteiger partial charge in [0.1, 0.15) is 5.75 Å². The van der Waals surface area contributed by atoms with Gasteiger partial charge >= 0.3 is 6.36 Å². The minimum absolute atomic E-state index is 0.0788. The first kappa shape index (κ1) is 15.9. The summed E-state index contributed by atoms with van der Waals surface area (Å²) in [5, 5.41) is 0.337. The Bertz CT molecular complexity index is 686. The molecular weight excluding hydrogens is 373 g/mol. The Morgan fingerprint density at radius 1 is 1.10 bits per heavy atom.